The van der Waals surface area contributed by atoms with Crippen molar-refractivity contribution in [3.63, 3.8) is 0 Å². The van der Waals surface area contributed by atoms with Crippen molar-refractivity contribution < 1.29 is 14.3 Å². The largest absolute Gasteiger partial charge is 0.491 e. The molecule has 2 aromatic rings. The number of nitrogens with zero attached hydrogens (tertiary/aromatic N) is 4. The van der Waals surface area contributed by atoms with E-state index in [1.165, 1.54) is 0 Å². The lowest BCUT2D eigenvalue weighted by molar-refractivity contribution is -0.0605. The number of hydrogen-bond donors (Lipinski definition) is 0. The second-order valence-corrected chi connectivity index (χ2v) is 6.82. The molecule has 2 aliphatic heterocycles. The van der Waals surface area contributed by atoms with Crippen LogP contribution >= 0.6 is 0 Å². The van der Waals surface area contributed by atoms with Gasteiger partial charge in [-0.2, -0.15) is 0 Å². The Kier molecular flexibility index (Phi) is 4.17. The van der Waals surface area contributed by atoms with Crippen LogP contribution in [0.25, 0.3) is 0 Å². The van der Waals surface area contributed by atoms with Crippen molar-refractivity contribution >= 4 is 5.91 Å². The number of ether oxygens (including phenoxy) is 2. The first kappa shape index (κ1) is 16.1. The molecule has 2 aliphatic rings. The van der Waals surface area contributed by atoms with E-state index in [0.29, 0.717) is 25.3 Å². The molecule has 0 N–H and O–H groups in total. The van der Waals surface area contributed by atoms with Crippen molar-refractivity contribution in [3.8, 4) is 5.75 Å². The van der Waals surface area contributed by atoms with Crippen LogP contribution in [0.5, 0.6) is 5.75 Å². The molecule has 1 amide bonds. The number of carbonyl (C=O) groups excluding carboxylic acids is 1. The zero-order valence-electron chi connectivity index (χ0n) is 14.5. The van der Waals surface area contributed by atoms with Crippen LogP contribution in [0.3, 0.4) is 0 Å². The first-order chi connectivity index (χ1) is 12.1. The second-order valence-electron chi connectivity index (χ2n) is 6.82. The van der Waals surface area contributed by atoms with E-state index in [1.54, 1.807) is 6.20 Å². The maximum absolute atomic E-state index is 12.9. The summed E-state index contributed by atoms with van der Waals surface area (Å²) in [6.45, 7) is 5.78. The van der Waals surface area contributed by atoms with Gasteiger partial charge in [0.2, 0.25) is 0 Å². The van der Waals surface area contributed by atoms with Crippen molar-refractivity contribution in [1.82, 2.24) is 19.9 Å². The average Bonchev–Trinajstić information content (AvgIpc) is 3.10. The van der Waals surface area contributed by atoms with E-state index in [2.05, 4.69) is 10.3 Å². The van der Waals surface area contributed by atoms with Gasteiger partial charge in [0.25, 0.3) is 5.91 Å². The Morgan fingerprint density at radius 1 is 1.32 bits per heavy atom. The number of hydrogen-bond acceptors (Lipinski definition) is 5. The number of likely N-dealkylation sites (tertiary alicyclic amines) is 1. The predicted octanol–water partition coefficient (Wildman–Crippen LogP) is 2.05. The number of benzene rings is 1. The van der Waals surface area contributed by atoms with Crippen LogP contribution < -0.4 is 4.74 Å². The lowest BCUT2D eigenvalue weighted by Crippen LogP contribution is -2.49. The lowest BCUT2D eigenvalue weighted by atomic mass is 9.99. The normalized spacial score (nSPS) is 22.4. The lowest BCUT2D eigenvalue weighted by Gasteiger charge is -2.41. The molecule has 7 nitrogen and oxygen atoms in total. The maximum atomic E-state index is 12.9. The highest BCUT2D eigenvalue weighted by atomic mass is 16.5. The minimum Gasteiger partial charge on any atom is -0.491 e. The maximum Gasteiger partial charge on any atom is 0.253 e. The van der Waals surface area contributed by atoms with Gasteiger partial charge in [-0.1, -0.05) is 5.21 Å². The summed E-state index contributed by atoms with van der Waals surface area (Å²) in [4.78, 5) is 14.7. The molecular weight excluding hydrogens is 320 g/mol. The number of aromatic nitrogens is 3. The number of piperidine rings is 1. The molecule has 25 heavy (non-hydrogen) atoms. The van der Waals surface area contributed by atoms with Gasteiger partial charge in [0.1, 0.15) is 5.75 Å². The van der Waals surface area contributed by atoms with E-state index in [0.717, 1.165) is 17.9 Å². The average molecular weight is 342 g/mol. The predicted molar refractivity (Wildman–Crippen MR) is 90.4 cm³/mol. The number of carbonyl (C=O) groups is 1. The molecule has 3 heterocycles. The van der Waals surface area contributed by atoms with Crippen molar-refractivity contribution in [1.29, 1.82) is 0 Å². The second kappa shape index (κ2) is 6.48. The van der Waals surface area contributed by atoms with Gasteiger partial charge >= 0.3 is 0 Å². The summed E-state index contributed by atoms with van der Waals surface area (Å²) in [6, 6.07) is 7.38. The Balaban J connectivity index is 1.48. The van der Waals surface area contributed by atoms with Gasteiger partial charge in [0.15, 0.2) is 0 Å². The van der Waals surface area contributed by atoms with Gasteiger partial charge < -0.3 is 14.4 Å². The highest BCUT2D eigenvalue weighted by molar-refractivity contribution is 5.94. The summed E-state index contributed by atoms with van der Waals surface area (Å²) in [5, 5.41) is 8.15. The van der Waals surface area contributed by atoms with E-state index in [1.807, 2.05) is 47.7 Å². The Labute approximate surface area is 146 Å². The van der Waals surface area contributed by atoms with Crippen LogP contribution in [0.2, 0.25) is 0 Å². The summed E-state index contributed by atoms with van der Waals surface area (Å²) >= 11 is 0. The highest BCUT2D eigenvalue weighted by Gasteiger charge is 2.38. The summed E-state index contributed by atoms with van der Waals surface area (Å²) in [5.74, 6) is 0.806. The zero-order valence-corrected chi connectivity index (χ0v) is 14.5. The fourth-order valence-electron chi connectivity index (χ4n) is 3.49. The first-order valence-corrected chi connectivity index (χ1v) is 8.68. The fourth-order valence-corrected chi connectivity index (χ4v) is 3.49. The monoisotopic (exact) mass is 342 g/mol. The smallest absolute Gasteiger partial charge is 0.253 e. The quantitative estimate of drug-likeness (QED) is 0.854. The summed E-state index contributed by atoms with van der Waals surface area (Å²) in [5.41, 5.74) is 1.64. The van der Waals surface area contributed by atoms with Crippen molar-refractivity contribution in [2.45, 2.75) is 45.1 Å². The van der Waals surface area contributed by atoms with Crippen LogP contribution in [0, 0.1) is 0 Å². The molecule has 1 saturated heterocycles. The third kappa shape index (κ3) is 3.11. The minimum atomic E-state index is 0.0294. The molecule has 132 valence electrons. The summed E-state index contributed by atoms with van der Waals surface area (Å²) < 4.78 is 13.4. The van der Waals surface area contributed by atoms with Gasteiger partial charge in [0, 0.05) is 18.7 Å². The fraction of sp³-hybridized carbons (Fsp3) is 0.500. The summed E-state index contributed by atoms with van der Waals surface area (Å²) in [6.07, 6.45) is 2.75. The molecule has 0 spiro atoms. The molecule has 0 radical (unpaired) electrons. The van der Waals surface area contributed by atoms with E-state index in [9.17, 15) is 4.79 Å². The molecule has 0 unspecified atom stereocenters. The van der Waals surface area contributed by atoms with Crippen LogP contribution in [0.1, 0.15) is 42.4 Å². The highest BCUT2D eigenvalue weighted by Crippen LogP contribution is 2.30. The Bertz CT molecular complexity index is 756. The third-order valence-electron chi connectivity index (χ3n) is 4.69. The standard InChI is InChI=1S/C18H22N4O3/c1-12(2)25-15-5-3-13(4-6-15)18(23)21-8-7-17-16(10-21)22-14(11-24-17)9-19-20-22/h3-6,9,12,16-17H,7-8,10-11H2,1-2H3/t16-,17-/m0/s1. The van der Waals surface area contributed by atoms with Gasteiger partial charge in [-0.15, -0.1) is 5.10 Å². The van der Waals surface area contributed by atoms with E-state index in [4.69, 9.17) is 9.47 Å². The van der Waals surface area contributed by atoms with Crippen molar-refractivity contribution in [2.75, 3.05) is 13.1 Å². The number of fused-ring (bicyclic) bond motifs is 3. The number of rotatable bonds is 3. The Hall–Kier alpha value is -2.41. The van der Waals surface area contributed by atoms with Gasteiger partial charge in [0.05, 0.1) is 36.7 Å². The van der Waals surface area contributed by atoms with Crippen LogP contribution in [-0.2, 0) is 11.3 Å². The Morgan fingerprint density at radius 2 is 2.12 bits per heavy atom. The van der Waals surface area contributed by atoms with Crippen molar-refractivity contribution in [2.24, 2.45) is 0 Å². The molecule has 0 bridgehead atoms. The van der Waals surface area contributed by atoms with Crippen molar-refractivity contribution in [3.05, 3.63) is 41.7 Å². The topological polar surface area (TPSA) is 69.5 Å². The molecular formula is C18H22N4O3. The van der Waals surface area contributed by atoms with Crippen LogP contribution in [0.4, 0.5) is 0 Å². The van der Waals surface area contributed by atoms with E-state index >= 15 is 0 Å². The number of amides is 1. The van der Waals surface area contributed by atoms with Gasteiger partial charge in [-0.3, -0.25) is 4.79 Å². The molecule has 7 heteroatoms. The molecule has 1 fully saturated rings. The first-order valence-electron chi connectivity index (χ1n) is 8.68. The van der Waals surface area contributed by atoms with Gasteiger partial charge in [-0.25, -0.2) is 4.68 Å². The molecule has 0 aliphatic carbocycles. The molecule has 2 atom stereocenters. The van der Waals surface area contributed by atoms with E-state index in [-0.39, 0.29) is 24.2 Å². The third-order valence-corrected chi connectivity index (χ3v) is 4.69. The molecule has 0 saturated carbocycles. The van der Waals surface area contributed by atoms with Crippen LogP contribution in [-0.4, -0.2) is 51.1 Å². The van der Waals surface area contributed by atoms with Crippen LogP contribution in [0.15, 0.2) is 30.5 Å². The minimum absolute atomic E-state index is 0.0294. The van der Waals surface area contributed by atoms with Gasteiger partial charge in [-0.05, 0) is 44.5 Å². The Morgan fingerprint density at radius 3 is 2.88 bits per heavy atom. The molecule has 1 aromatic carbocycles. The SMILES string of the molecule is CC(C)Oc1ccc(C(=O)N2CC[C@@H]3OCc4cnnn4[C@H]3C2)cc1. The molecule has 4 rings (SSSR count). The van der Waals surface area contributed by atoms with E-state index < -0.39 is 0 Å². The molecule has 1 aromatic heterocycles. The zero-order chi connectivity index (χ0) is 17.4. The summed E-state index contributed by atoms with van der Waals surface area (Å²) in [7, 11) is 0.